The molecule has 1 aliphatic heterocycles. The van der Waals surface area contributed by atoms with E-state index in [0.29, 0.717) is 18.9 Å². The number of aromatic nitrogens is 2. The van der Waals surface area contributed by atoms with Gasteiger partial charge in [0.15, 0.2) is 0 Å². The van der Waals surface area contributed by atoms with Gasteiger partial charge in [0.25, 0.3) is 0 Å². The third-order valence-corrected chi connectivity index (χ3v) is 3.28. The maximum Gasteiger partial charge on any atom is 0.429 e. The molecular weight excluding hydrogens is 281 g/mol. The maximum absolute atomic E-state index is 10.8. The van der Waals surface area contributed by atoms with Crippen molar-refractivity contribution in [3.8, 4) is 0 Å². The van der Waals surface area contributed by atoms with E-state index in [9.17, 15) is 4.57 Å². The Morgan fingerprint density at radius 2 is 2.06 bits per heavy atom. The molecule has 1 aromatic rings. The van der Waals surface area contributed by atoms with Crippen LogP contribution in [0.3, 0.4) is 0 Å². The molecule has 100 valence electrons. The van der Waals surface area contributed by atoms with Gasteiger partial charge in [0.05, 0.1) is 5.69 Å². The van der Waals surface area contributed by atoms with E-state index >= 15 is 0 Å². The predicted octanol–water partition coefficient (Wildman–Crippen LogP) is 1.53. The summed E-state index contributed by atoms with van der Waals surface area (Å²) in [5, 5.41) is 2.09. The highest BCUT2D eigenvalue weighted by atomic mass is 35.5. The fourth-order valence-corrected chi connectivity index (χ4v) is 2.37. The van der Waals surface area contributed by atoms with Crippen LogP contribution in [-0.2, 0) is 9.30 Å². The first-order valence-electron chi connectivity index (χ1n) is 5.40. The summed E-state index contributed by atoms with van der Waals surface area (Å²) in [6.07, 6.45) is 1.62. The SMILES string of the molecule is O=P(O)(O)Nc1nc(Cl)cc(C2CCOCC2)n1. The summed E-state index contributed by atoms with van der Waals surface area (Å²) in [6, 6.07) is 1.61. The quantitative estimate of drug-likeness (QED) is 0.573. The van der Waals surface area contributed by atoms with Gasteiger partial charge in [-0.25, -0.2) is 14.5 Å². The van der Waals surface area contributed by atoms with Crippen molar-refractivity contribution >= 4 is 25.3 Å². The van der Waals surface area contributed by atoms with Crippen LogP contribution in [0.1, 0.15) is 24.5 Å². The zero-order valence-electron chi connectivity index (χ0n) is 9.41. The average Bonchev–Trinajstić information content (AvgIpc) is 2.27. The number of hydrogen-bond donors (Lipinski definition) is 3. The highest BCUT2D eigenvalue weighted by Crippen LogP contribution is 2.35. The van der Waals surface area contributed by atoms with Crippen LogP contribution in [0, 0.1) is 0 Å². The van der Waals surface area contributed by atoms with Crippen LogP contribution in [-0.4, -0.2) is 33.0 Å². The monoisotopic (exact) mass is 293 g/mol. The third-order valence-electron chi connectivity index (χ3n) is 2.60. The fraction of sp³-hybridized carbons (Fsp3) is 0.556. The second-order valence-corrected chi connectivity index (χ2v) is 5.68. The number of halogens is 1. The van der Waals surface area contributed by atoms with Crippen molar-refractivity contribution in [1.29, 1.82) is 0 Å². The van der Waals surface area contributed by atoms with Crippen molar-refractivity contribution in [3.63, 3.8) is 0 Å². The molecule has 2 heterocycles. The van der Waals surface area contributed by atoms with Crippen LogP contribution in [0.2, 0.25) is 5.15 Å². The molecular formula is C9H13ClN3O4P. The fourth-order valence-electron chi connectivity index (χ4n) is 1.82. The number of anilines is 1. The zero-order chi connectivity index (χ0) is 13.2. The molecule has 0 amide bonds. The van der Waals surface area contributed by atoms with Gasteiger partial charge < -0.3 is 14.5 Å². The van der Waals surface area contributed by atoms with Crippen LogP contribution >= 0.6 is 19.3 Å². The normalized spacial score (nSPS) is 17.7. The summed E-state index contributed by atoms with van der Waals surface area (Å²) >= 11 is 5.82. The minimum absolute atomic E-state index is 0.155. The van der Waals surface area contributed by atoms with E-state index in [2.05, 4.69) is 9.97 Å². The van der Waals surface area contributed by atoms with E-state index in [-0.39, 0.29) is 17.0 Å². The molecule has 7 nitrogen and oxygen atoms in total. The summed E-state index contributed by atoms with van der Waals surface area (Å²) in [5.74, 6) is 0.0221. The molecule has 1 saturated heterocycles. The Bertz CT molecular complexity index is 475. The van der Waals surface area contributed by atoms with Crippen molar-refractivity contribution in [1.82, 2.24) is 9.97 Å². The summed E-state index contributed by atoms with van der Waals surface area (Å²) in [4.78, 5) is 25.5. The van der Waals surface area contributed by atoms with Gasteiger partial charge in [0, 0.05) is 19.1 Å². The van der Waals surface area contributed by atoms with E-state index in [1.54, 1.807) is 6.07 Å². The first kappa shape index (κ1) is 13.7. The van der Waals surface area contributed by atoms with Crippen LogP contribution in [0.5, 0.6) is 0 Å². The molecule has 9 heteroatoms. The Morgan fingerprint density at radius 3 is 2.67 bits per heavy atom. The van der Waals surface area contributed by atoms with Crippen molar-refractivity contribution < 1.29 is 19.1 Å². The van der Waals surface area contributed by atoms with Gasteiger partial charge in [-0.05, 0) is 18.9 Å². The van der Waals surface area contributed by atoms with Crippen LogP contribution < -0.4 is 5.09 Å². The van der Waals surface area contributed by atoms with Crippen LogP contribution in [0.25, 0.3) is 0 Å². The van der Waals surface area contributed by atoms with Gasteiger partial charge in [-0.15, -0.1) is 0 Å². The number of nitrogens with zero attached hydrogens (tertiary/aromatic N) is 2. The second kappa shape index (κ2) is 5.50. The molecule has 0 spiro atoms. The van der Waals surface area contributed by atoms with Crippen LogP contribution in [0.4, 0.5) is 5.95 Å². The lowest BCUT2D eigenvalue weighted by molar-refractivity contribution is 0.0845. The molecule has 0 saturated carbocycles. The lowest BCUT2D eigenvalue weighted by atomic mass is 9.96. The first-order chi connectivity index (χ1) is 8.44. The van der Waals surface area contributed by atoms with E-state index in [0.717, 1.165) is 12.8 Å². The summed E-state index contributed by atoms with van der Waals surface area (Å²) in [7, 11) is -4.43. The second-order valence-electron chi connectivity index (χ2n) is 3.98. The van der Waals surface area contributed by atoms with Crippen molar-refractivity contribution in [2.24, 2.45) is 0 Å². The third kappa shape index (κ3) is 3.90. The van der Waals surface area contributed by atoms with Crippen LogP contribution in [0.15, 0.2) is 6.07 Å². The van der Waals surface area contributed by atoms with Gasteiger partial charge in [0.2, 0.25) is 5.95 Å². The molecule has 2 rings (SSSR count). The molecule has 1 aliphatic rings. The van der Waals surface area contributed by atoms with E-state index in [4.69, 9.17) is 26.1 Å². The molecule has 0 bridgehead atoms. The Hall–Kier alpha value is -0.720. The zero-order valence-corrected chi connectivity index (χ0v) is 11.1. The maximum atomic E-state index is 10.8. The van der Waals surface area contributed by atoms with Crippen molar-refractivity contribution in [3.05, 3.63) is 16.9 Å². The summed E-state index contributed by atoms with van der Waals surface area (Å²) in [6.45, 7) is 1.29. The molecule has 0 radical (unpaired) electrons. The highest BCUT2D eigenvalue weighted by molar-refractivity contribution is 7.53. The minimum atomic E-state index is -4.43. The topological polar surface area (TPSA) is 105 Å². The van der Waals surface area contributed by atoms with Crippen molar-refractivity contribution in [2.45, 2.75) is 18.8 Å². The van der Waals surface area contributed by atoms with Gasteiger partial charge in [-0.3, -0.25) is 5.09 Å². The van der Waals surface area contributed by atoms with Gasteiger partial charge >= 0.3 is 7.75 Å². The lowest BCUT2D eigenvalue weighted by Crippen LogP contribution is -2.16. The molecule has 18 heavy (non-hydrogen) atoms. The Labute approximate surface area is 109 Å². The Morgan fingerprint density at radius 1 is 1.39 bits per heavy atom. The molecule has 1 aromatic heterocycles. The van der Waals surface area contributed by atoms with E-state index in [1.165, 1.54) is 0 Å². The average molecular weight is 294 g/mol. The summed E-state index contributed by atoms with van der Waals surface area (Å²) < 4.78 is 16.1. The largest absolute Gasteiger partial charge is 0.429 e. The molecule has 0 unspecified atom stereocenters. The Balaban J connectivity index is 2.22. The summed E-state index contributed by atoms with van der Waals surface area (Å²) in [5.41, 5.74) is 0.675. The minimum Gasteiger partial charge on any atom is -0.381 e. The van der Waals surface area contributed by atoms with Gasteiger partial charge in [-0.2, -0.15) is 0 Å². The molecule has 0 aliphatic carbocycles. The molecule has 1 fully saturated rings. The number of nitrogens with one attached hydrogen (secondary N) is 1. The molecule has 0 aromatic carbocycles. The number of rotatable bonds is 3. The molecule has 3 N–H and O–H groups in total. The number of ether oxygens (including phenoxy) is 1. The first-order valence-corrected chi connectivity index (χ1v) is 7.39. The standard InChI is InChI=1S/C9H13ClN3O4P/c10-8-5-7(6-1-3-17-4-2-6)11-9(12-8)13-18(14,15)16/h5-6H,1-4H2,(H3,11,12,13,14,15,16). The number of hydrogen-bond acceptors (Lipinski definition) is 4. The van der Waals surface area contributed by atoms with E-state index in [1.807, 2.05) is 5.09 Å². The smallest absolute Gasteiger partial charge is 0.381 e. The predicted molar refractivity (Wildman–Crippen MR) is 65.5 cm³/mol. The van der Waals surface area contributed by atoms with E-state index < -0.39 is 7.75 Å². The lowest BCUT2D eigenvalue weighted by Gasteiger charge is -2.21. The van der Waals surface area contributed by atoms with Crippen molar-refractivity contribution in [2.75, 3.05) is 18.3 Å². The molecule has 0 atom stereocenters. The highest BCUT2D eigenvalue weighted by Gasteiger charge is 2.21. The van der Waals surface area contributed by atoms with Gasteiger partial charge in [0.1, 0.15) is 5.15 Å². The van der Waals surface area contributed by atoms with Gasteiger partial charge in [-0.1, -0.05) is 11.6 Å². The Kier molecular flexibility index (Phi) is 4.19.